The quantitative estimate of drug-likeness (QED) is 0.720. The molecule has 0 amide bonds. The highest BCUT2D eigenvalue weighted by Crippen LogP contribution is 2.50. The van der Waals surface area contributed by atoms with E-state index in [9.17, 15) is 0 Å². The van der Waals surface area contributed by atoms with E-state index in [-0.39, 0.29) is 17.5 Å². The van der Waals surface area contributed by atoms with Crippen molar-refractivity contribution in [3.63, 3.8) is 0 Å². The number of hydrogen-bond acceptors (Lipinski definition) is 2. The van der Waals surface area contributed by atoms with Gasteiger partial charge in [0.25, 0.3) is 0 Å². The summed E-state index contributed by atoms with van der Waals surface area (Å²) in [5.41, 5.74) is 0.956. The van der Waals surface area contributed by atoms with E-state index in [1.54, 1.807) is 0 Å². The van der Waals surface area contributed by atoms with Crippen LogP contribution in [-0.2, 0) is 15.1 Å². The predicted octanol–water partition coefficient (Wildman–Crippen LogP) is 3.22. The van der Waals surface area contributed by atoms with Crippen LogP contribution in [0.3, 0.4) is 0 Å². The van der Waals surface area contributed by atoms with Gasteiger partial charge in [-0.3, -0.25) is 0 Å². The molecule has 1 aromatic rings. The van der Waals surface area contributed by atoms with Gasteiger partial charge in [0.05, 0.1) is 6.10 Å². The Bertz CT molecular complexity index is 389. The Morgan fingerprint density at radius 1 is 1.19 bits per heavy atom. The third-order valence-electron chi connectivity index (χ3n) is 3.88. The summed E-state index contributed by atoms with van der Waals surface area (Å²) in [6.07, 6.45) is 3.50. The maximum atomic E-state index is 6.22. The van der Waals surface area contributed by atoms with E-state index in [0.29, 0.717) is 0 Å². The van der Waals surface area contributed by atoms with Gasteiger partial charge in [-0.1, -0.05) is 30.3 Å². The second kappa shape index (κ2) is 3.31. The van der Waals surface area contributed by atoms with Crippen molar-refractivity contribution in [2.45, 2.75) is 50.6 Å². The third kappa shape index (κ3) is 1.40. The first-order valence-electron chi connectivity index (χ1n) is 6.06. The van der Waals surface area contributed by atoms with Crippen molar-refractivity contribution in [3.05, 3.63) is 35.9 Å². The summed E-state index contributed by atoms with van der Waals surface area (Å²) in [5, 5.41) is 0. The number of rotatable bonds is 1. The average molecular weight is 218 g/mol. The van der Waals surface area contributed by atoms with Crippen molar-refractivity contribution in [1.82, 2.24) is 0 Å². The molecule has 86 valence electrons. The van der Waals surface area contributed by atoms with Crippen molar-refractivity contribution < 1.29 is 9.47 Å². The van der Waals surface area contributed by atoms with Gasteiger partial charge in [0.15, 0.2) is 5.79 Å². The van der Waals surface area contributed by atoms with Crippen molar-refractivity contribution in [3.8, 4) is 0 Å². The van der Waals surface area contributed by atoms with E-state index in [2.05, 4.69) is 38.1 Å². The molecule has 1 aromatic carbocycles. The molecule has 0 spiro atoms. The van der Waals surface area contributed by atoms with Crippen LogP contribution in [0, 0.1) is 0 Å². The second-order valence-electron chi connectivity index (χ2n) is 5.21. The molecule has 16 heavy (non-hydrogen) atoms. The summed E-state index contributed by atoms with van der Waals surface area (Å²) < 4.78 is 12.3. The molecule has 2 saturated heterocycles. The smallest absolute Gasteiger partial charge is 0.167 e. The number of ether oxygens (including phenoxy) is 2. The van der Waals surface area contributed by atoms with Gasteiger partial charge in [0, 0.05) is 6.42 Å². The normalized spacial score (nSPS) is 42.2. The SMILES string of the molecule is CC1(c2ccccc2)O[C@]2(C)CCC[C@H]1O2. The van der Waals surface area contributed by atoms with E-state index < -0.39 is 0 Å². The van der Waals surface area contributed by atoms with Crippen LogP contribution < -0.4 is 0 Å². The summed E-state index contributed by atoms with van der Waals surface area (Å²) in [4.78, 5) is 0. The summed E-state index contributed by atoms with van der Waals surface area (Å²) in [6.45, 7) is 4.22. The fourth-order valence-corrected chi connectivity index (χ4v) is 3.02. The predicted molar refractivity (Wildman–Crippen MR) is 62.0 cm³/mol. The summed E-state index contributed by atoms with van der Waals surface area (Å²) in [6, 6.07) is 10.4. The molecule has 1 unspecified atom stereocenters. The Hall–Kier alpha value is -0.860. The molecule has 2 aliphatic heterocycles. The molecule has 2 bridgehead atoms. The van der Waals surface area contributed by atoms with E-state index in [1.807, 2.05) is 6.07 Å². The topological polar surface area (TPSA) is 18.5 Å². The highest BCUT2D eigenvalue weighted by Gasteiger charge is 2.54. The first kappa shape index (κ1) is 10.3. The lowest BCUT2D eigenvalue weighted by Gasteiger charge is -2.28. The summed E-state index contributed by atoms with van der Waals surface area (Å²) >= 11 is 0. The standard InChI is InChI=1S/C14H18O2/c1-13-10-6-9-12(15-13)14(2,16-13)11-7-4-3-5-8-11/h3-5,7-8,12H,6,9-10H2,1-2H3/t12-,13-,14?/m1/s1. The molecule has 0 saturated carbocycles. The maximum absolute atomic E-state index is 6.22. The largest absolute Gasteiger partial charge is 0.344 e. The summed E-state index contributed by atoms with van der Waals surface area (Å²) in [5.74, 6) is -0.368. The first-order chi connectivity index (χ1) is 7.62. The van der Waals surface area contributed by atoms with Crippen LogP contribution in [0.5, 0.6) is 0 Å². The van der Waals surface area contributed by atoms with Gasteiger partial charge in [-0.05, 0) is 32.3 Å². The van der Waals surface area contributed by atoms with E-state index in [4.69, 9.17) is 9.47 Å². The molecule has 3 atom stereocenters. The molecule has 2 fully saturated rings. The van der Waals surface area contributed by atoms with E-state index >= 15 is 0 Å². The highest BCUT2D eigenvalue weighted by atomic mass is 16.8. The number of fused-ring (bicyclic) bond motifs is 2. The van der Waals surface area contributed by atoms with Gasteiger partial charge < -0.3 is 9.47 Å². The molecule has 3 rings (SSSR count). The van der Waals surface area contributed by atoms with E-state index in [0.717, 1.165) is 12.8 Å². The van der Waals surface area contributed by atoms with Crippen LogP contribution in [-0.4, -0.2) is 11.9 Å². The van der Waals surface area contributed by atoms with Gasteiger partial charge in [-0.15, -0.1) is 0 Å². The summed E-state index contributed by atoms with van der Waals surface area (Å²) in [7, 11) is 0. The van der Waals surface area contributed by atoms with Crippen molar-refractivity contribution in [2.24, 2.45) is 0 Å². The fraction of sp³-hybridized carbons (Fsp3) is 0.571. The fourth-order valence-electron chi connectivity index (χ4n) is 3.02. The van der Waals surface area contributed by atoms with Crippen LogP contribution in [0.15, 0.2) is 30.3 Å². The Morgan fingerprint density at radius 3 is 2.62 bits per heavy atom. The minimum absolute atomic E-state index is 0.202. The van der Waals surface area contributed by atoms with Gasteiger partial charge >= 0.3 is 0 Å². The number of hydrogen-bond donors (Lipinski definition) is 0. The van der Waals surface area contributed by atoms with Crippen molar-refractivity contribution >= 4 is 0 Å². The van der Waals surface area contributed by atoms with Crippen LogP contribution in [0.2, 0.25) is 0 Å². The van der Waals surface area contributed by atoms with Crippen LogP contribution >= 0.6 is 0 Å². The van der Waals surface area contributed by atoms with Gasteiger partial charge in [-0.2, -0.15) is 0 Å². The average Bonchev–Trinajstić information content (AvgIpc) is 2.47. The lowest BCUT2D eigenvalue weighted by atomic mass is 9.87. The van der Waals surface area contributed by atoms with Crippen LogP contribution in [0.25, 0.3) is 0 Å². The zero-order chi connectivity index (χ0) is 11.2. The zero-order valence-corrected chi connectivity index (χ0v) is 9.90. The maximum Gasteiger partial charge on any atom is 0.167 e. The Morgan fingerprint density at radius 2 is 1.94 bits per heavy atom. The Labute approximate surface area is 96.6 Å². The Balaban J connectivity index is 2.00. The van der Waals surface area contributed by atoms with Gasteiger partial charge in [-0.25, -0.2) is 0 Å². The third-order valence-corrected chi connectivity index (χ3v) is 3.88. The van der Waals surface area contributed by atoms with Crippen LogP contribution in [0.1, 0.15) is 38.7 Å². The second-order valence-corrected chi connectivity index (χ2v) is 5.21. The molecule has 2 nitrogen and oxygen atoms in total. The molecule has 0 aliphatic carbocycles. The van der Waals surface area contributed by atoms with E-state index in [1.165, 1.54) is 12.0 Å². The molecule has 2 heterocycles. The molecule has 0 aromatic heterocycles. The van der Waals surface area contributed by atoms with Crippen molar-refractivity contribution in [1.29, 1.82) is 0 Å². The monoisotopic (exact) mass is 218 g/mol. The minimum Gasteiger partial charge on any atom is -0.344 e. The number of benzene rings is 1. The first-order valence-corrected chi connectivity index (χ1v) is 6.06. The highest BCUT2D eigenvalue weighted by molar-refractivity contribution is 5.25. The van der Waals surface area contributed by atoms with Gasteiger partial charge in [0.1, 0.15) is 5.60 Å². The lowest BCUT2D eigenvalue weighted by Crippen LogP contribution is -2.33. The molecule has 2 heteroatoms. The lowest BCUT2D eigenvalue weighted by molar-refractivity contribution is -0.189. The molecular weight excluding hydrogens is 200 g/mol. The van der Waals surface area contributed by atoms with Crippen LogP contribution in [0.4, 0.5) is 0 Å². The molecule has 2 aliphatic rings. The molecular formula is C14H18O2. The molecule has 0 radical (unpaired) electrons. The Kier molecular flexibility index (Phi) is 2.13. The minimum atomic E-state index is -0.368. The zero-order valence-electron chi connectivity index (χ0n) is 9.90. The van der Waals surface area contributed by atoms with Gasteiger partial charge in [0.2, 0.25) is 0 Å². The molecule has 0 N–H and O–H groups in total. The van der Waals surface area contributed by atoms with Crippen molar-refractivity contribution in [2.75, 3.05) is 0 Å².